The zero-order valence-corrected chi connectivity index (χ0v) is 20.2. The summed E-state index contributed by atoms with van der Waals surface area (Å²) in [4.78, 5) is 19.3. The van der Waals surface area contributed by atoms with Gasteiger partial charge in [-0.2, -0.15) is 0 Å². The molecule has 0 saturated carbocycles. The number of nitrogens with one attached hydrogen (secondary N) is 2. The van der Waals surface area contributed by atoms with Gasteiger partial charge in [-0.25, -0.2) is 28.7 Å². The van der Waals surface area contributed by atoms with Crippen LogP contribution in [0.4, 0.5) is 20.5 Å². The molecule has 4 heterocycles. The van der Waals surface area contributed by atoms with Crippen LogP contribution in [0.1, 0.15) is 31.3 Å². The lowest BCUT2D eigenvalue weighted by Gasteiger charge is -2.27. The number of pyridine rings is 1. The van der Waals surface area contributed by atoms with Gasteiger partial charge in [0.1, 0.15) is 29.5 Å². The first-order chi connectivity index (χ1) is 17.4. The van der Waals surface area contributed by atoms with Gasteiger partial charge in [-0.15, -0.1) is 0 Å². The fraction of sp³-hybridized carbons (Fsp3) is 0.360. The number of aromatic nitrogens is 5. The Kier molecular flexibility index (Phi) is 6.86. The molecule has 3 N–H and O–H groups in total. The summed E-state index contributed by atoms with van der Waals surface area (Å²) in [6.45, 7) is 8.26. The molecule has 1 aliphatic rings. The molecule has 11 heteroatoms. The number of aliphatic hydroxyl groups excluding tert-OH is 1. The van der Waals surface area contributed by atoms with Crippen molar-refractivity contribution in [3.05, 3.63) is 59.7 Å². The number of imidazole rings is 1. The molecule has 0 amide bonds. The van der Waals surface area contributed by atoms with E-state index < -0.39 is 11.6 Å². The molecule has 3 aromatic heterocycles. The molecule has 4 aromatic rings. The summed E-state index contributed by atoms with van der Waals surface area (Å²) in [6.07, 6.45) is 2.84. The number of nitrogens with zero attached hydrogens (tertiary/aromatic N) is 6. The summed E-state index contributed by atoms with van der Waals surface area (Å²) in [5.74, 6) is -0.304. The second kappa shape index (κ2) is 10.2. The highest BCUT2D eigenvalue weighted by atomic mass is 19.1. The van der Waals surface area contributed by atoms with Crippen LogP contribution in [0.5, 0.6) is 0 Å². The van der Waals surface area contributed by atoms with E-state index in [2.05, 4.69) is 35.5 Å². The van der Waals surface area contributed by atoms with Gasteiger partial charge in [0.15, 0.2) is 11.6 Å². The number of aliphatic hydroxyl groups is 1. The van der Waals surface area contributed by atoms with Crippen molar-refractivity contribution in [2.45, 2.75) is 33.0 Å². The molecule has 1 saturated heterocycles. The first kappa shape index (κ1) is 24.2. The molecule has 0 spiro atoms. The van der Waals surface area contributed by atoms with E-state index in [1.54, 1.807) is 16.8 Å². The number of hydrogen-bond donors (Lipinski definition) is 3. The number of anilines is 2. The lowest BCUT2D eigenvalue weighted by Crippen LogP contribution is -2.42. The van der Waals surface area contributed by atoms with Crippen molar-refractivity contribution in [2.24, 2.45) is 0 Å². The second-order valence-corrected chi connectivity index (χ2v) is 9.07. The Morgan fingerprint density at radius 3 is 2.56 bits per heavy atom. The summed E-state index contributed by atoms with van der Waals surface area (Å²) in [6, 6.07) is 6.55. The van der Waals surface area contributed by atoms with E-state index in [-0.39, 0.29) is 35.4 Å². The molecule has 1 aromatic carbocycles. The zero-order valence-electron chi connectivity index (χ0n) is 20.2. The first-order valence-electron chi connectivity index (χ1n) is 11.9. The van der Waals surface area contributed by atoms with Crippen molar-refractivity contribution in [2.75, 3.05) is 31.5 Å². The van der Waals surface area contributed by atoms with Crippen molar-refractivity contribution in [1.29, 1.82) is 0 Å². The van der Waals surface area contributed by atoms with Crippen LogP contribution in [0.3, 0.4) is 0 Å². The second-order valence-electron chi connectivity index (χ2n) is 9.07. The topological polar surface area (TPSA) is 104 Å². The van der Waals surface area contributed by atoms with Crippen LogP contribution in [0.2, 0.25) is 0 Å². The Morgan fingerprint density at radius 1 is 1.06 bits per heavy atom. The monoisotopic (exact) mass is 494 g/mol. The molecule has 0 aliphatic carbocycles. The smallest absolute Gasteiger partial charge is 0.229 e. The Morgan fingerprint density at radius 2 is 1.86 bits per heavy atom. The van der Waals surface area contributed by atoms with E-state index in [9.17, 15) is 13.9 Å². The zero-order chi connectivity index (χ0) is 25.2. The van der Waals surface area contributed by atoms with Gasteiger partial charge >= 0.3 is 0 Å². The maximum atomic E-state index is 15.0. The fourth-order valence-electron chi connectivity index (χ4n) is 4.49. The molecule has 1 aliphatic heterocycles. The van der Waals surface area contributed by atoms with Gasteiger partial charge in [-0.1, -0.05) is 6.07 Å². The van der Waals surface area contributed by atoms with Crippen LogP contribution < -0.4 is 10.6 Å². The average molecular weight is 495 g/mol. The first-order valence-corrected chi connectivity index (χ1v) is 11.9. The highest BCUT2D eigenvalue weighted by molar-refractivity contribution is 5.83. The third-order valence-corrected chi connectivity index (χ3v) is 6.18. The molecule has 5 rings (SSSR count). The molecular weight excluding hydrogens is 466 g/mol. The minimum atomic E-state index is -0.684. The molecule has 0 radical (unpaired) electrons. The van der Waals surface area contributed by atoms with Crippen molar-refractivity contribution in [1.82, 2.24) is 34.7 Å². The maximum Gasteiger partial charge on any atom is 0.229 e. The van der Waals surface area contributed by atoms with E-state index >= 15 is 0 Å². The van der Waals surface area contributed by atoms with Crippen molar-refractivity contribution >= 4 is 22.8 Å². The Hall–Kier alpha value is -3.54. The lowest BCUT2D eigenvalue weighted by molar-refractivity contribution is 0.233. The Labute approximate surface area is 207 Å². The van der Waals surface area contributed by atoms with Crippen LogP contribution in [-0.2, 0) is 13.2 Å². The molecule has 9 nitrogen and oxygen atoms in total. The minimum Gasteiger partial charge on any atom is -0.388 e. The summed E-state index contributed by atoms with van der Waals surface area (Å²) in [5.41, 5.74) is 1.86. The predicted octanol–water partition coefficient (Wildman–Crippen LogP) is 3.39. The highest BCUT2D eigenvalue weighted by Crippen LogP contribution is 2.30. The molecule has 0 bridgehead atoms. The predicted molar refractivity (Wildman–Crippen MR) is 133 cm³/mol. The summed E-state index contributed by atoms with van der Waals surface area (Å²) in [7, 11) is 0. The van der Waals surface area contributed by atoms with E-state index in [1.165, 1.54) is 6.07 Å². The summed E-state index contributed by atoms with van der Waals surface area (Å²) < 4.78 is 31.5. The van der Waals surface area contributed by atoms with Crippen molar-refractivity contribution in [3.8, 4) is 11.3 Å². The molecule has 36 heavy (non-hydrogen) atoms. The van der Waals surface area contributed by atoms with Gasteiger partial charge in [-0.05, 0) is 37.6 Å². The highest BCUT2D eigenvalue weighted by Gasteiger charge is 2.19. The van der Waals surface area contributed by atoms with Gasteiger partial charge in [0.25, 0.3) is 0 Å². The van der Waals surface area contributed by atoms with E-state index in [1.807, 2.05) is 26.0 Å². The molecular formula is C25H28F2N8O. The standard InChI is InChI=1S/C25H28F2N8O/c1-15(2)35-20-10-17(9-18(26)24(20)32-22(35)14-36)23-19(27)12-30-25(33-23)31-21-4-3-16(11-29-21)13-34-7-5-28-6-8-34/h3-4,9-12,15,28,36H,5-8,13-14H2,1-2H3,(H,29,30,31,33). The van der Waals surface area contributed by atoms with Crippen LogP contribution >= 0.6 is 0 Å². The Balaban J connectivity index is 1.41. The lowest BCUT2D eigenvalue weighted by atomic mass is 10.1. The van der Waals surface area contributed by atoms with Crippen molar-refractivity contribution in [3.63, 3.8) is 0 Å². The van der Waals surface area contributed by atoms with Crippen LogP contribution in [0, 0.1) is 11.6 Å². The molecule has 0 atom stereocenters. The number of halogens is 2. The number of rotatable bonds is 7. The van der Waals surface area contributed by atoms with Crippen LogP contribution in [0.15, 0.2) is 36.7 Å². The summed E-state index contributed by atoms with van der Waals surface area (Å²) >= 11 is 0. The van der Waals surface area contributed by atoms with Gasteiger partial charge in [-0.3, -0.25) is 4.90 Å². The molecule has 188 valence electrons. The summed E-state index contributed by atoms with van der Waals surface area (Å²) in [5, 5.41) is 16.0. The molecule has 0 unspecified atom stereocenters. The fourth-order valence-corrected chi connectivity index (χ4v) is 4.49. The number of hydrogen-bond acceptors (Lipinski definition) is 8. The number of benzene rings is 1. The SMILES string of the molecule is CC(C)n1c(CO)nc2c(F)cc(-c3nc(Nc4ccc(CN5CCNCC5)cn4)ncc3F)cc21. The molecule has 1 fully saturated rings. The van der Waals surface area contributed by atoms with E-state index in [0.29, 0.717) is 17.2 Å². The third kappa shape index (κ3) is 4.90. The number of fused-ring (bicyclic) bond motifs is 1. The van der Waals surface area contributed by atoms with Gasteiger partial charge in [0.2, 0.25) is 5.95 Å². The van der Waals surface area contributed by atoms with Crippen molar-refractivity contribution < 1.29 is 13.9 Å². The largest absolute Gasteiger partial charge is 0.388 e. The minimum absolute atomic E-state index is 0.0503. The van der Waals surface area contributed by atoms with E-state index in [4.69, 9.17) is 0 Å². The Bertz CT molecular complexity index is 1370. The van der Waals surface area contributed by atoms with Crippen LogP contribution in [0.25, 0.3) is 22.3 Å². The quantitative estimate of drug-likeness (QED) is 0.359. The average Bonchev–Trinajstić information content (AvgIpc) is 3.27. The van der Waals surface area contributed by atoms with E-state index in [0.717, 1.165) is 44.5 Å². The maximum absolute atomic E-state index is 15.0. The van der Waals surface area contributed by atoms with Crippen LogP contribution in [-0.4, -0.2) is 60.7 Å². The van der Waals surface area contributed by atoms with Gasteiger partial charge in [0, 0.05) is 50.5 Å². The third-order valence-electron chi connectivity index (χ3n) is 6.18. The number of piperazine rings is 1. The normalized spacial score (nSPS) is 14.6. The van der Waals surface area contributed by atoms with Gasteiger partial charge < -0.3 is 20.3 Å². The van der Waals surface area contributed by atoms with Gasteiger partial charge in [0.05, 0.1) is 11.7 Å².